The second kappa shape index (κ2) is 15.3. The van der Waals surface area contributed by atoms with Gasteiger partial charge >= 0.3 is 0 Å². The quantitative estimate of drug-likeness (QED) is 0.0903. The van der Waals surface area contributed by atoms with Crippen molar-refractivity contribution in [3.05, 3.63) is 223 Å². The van der Waals surface area contributed by atoms with Gasteiger partial charge in [0.1, 0.15) is 0 Å². The van der Waals surface area contributed by atoms with Crippen LogP contribution in [0.1, 0.15) is 16.7 Å². The molecule has 0 aliphatic heterocycles. The van der Waals surface area contributed by atoms with Crippen LogP contribution in [0.15, 0.2) is 221 Å². The van der Waals surface area contributed by atoms with Crippen molar-refractivity contribution < 1.29 is 0 Å². The molecule has 4 nitrogen and oxygen atoms in total. The van der Waals surface area contributed by atoms with Crippen LogP contribution in [0.5, 0.6) is 0 Å². The summed E-state index contributed by atoms with van der Waals surface area (Å²) in [6.45, 7) is 4.39. The molecule has 61 heavy (non-hydrogen) atoms. The Balaban J connectivity index is 1.13. The Labute approximate surface area is 353 Å². The maximum absolute atomic E-state index is 5.23. The van der Waals surface area contributed by atoms with Gasteiger partial charge in [0.15, 0.2) is 11.7 Å². The van der Waals surface area contributed by atoms with Crippen LogP contribution in [-0.4, -0.2) is 23.4 Å². The number of hydrogen-bond acceptors (Lipinski definition) is 2. The lowest BCUT2D eigenvalue weighted by Gasteiger charge is -2.17. The predicted molar refractivity (Wildman–Crippen MR) is 258 cm³/mol. The van der Waals surface area contributed by atoms with E-state index >= 15 is 0 Å². The molecule has 0 saturated carbocycles. The molecule has 4 heteroatoms. The van der Waals surface area contributed by atoms with E-state index in [0.717, 1.165) is 66.5 Å². The lowest BCUT2D eigenvalue weighted by atomic mass is 9.87. The van der Waals surface area contributed by atoms with Crippen molar-refractivity contribution >= 4 is 72.4 Å². The number of pyridine rings is 1. The molecule has 10 aromatic carbocycles. The third kappa shape index (κ3) is 6.61. The molecule has 0 fully saturated rings. The summed E-state index contributed by atoms with van der Waals surface area (Å²) < 4.78 is 0. The first kappa shape index (κ1) is 36.0. The van der Waals surface area contributed by atoms with Gasteiger partial charge in [-0.1, -0.05) is 176 Å². The minimum absolute atomic E-state index is 0.456. The predicted octanol–water partition coefficient (Wildman–Crippen LogP) is 14.4. The smallest absolute Gasteiger partial charge is 0.161 e. The SMILES string of the molecule is C=NC(=NC(=NCc1ccccc1)c1cc(-c2ccc(-c3nc4ccccc4c4ccccc34)cc2)cc(-c2cc3cccc4ccc5cccc2c5c43)c1)c1ccccc1. The highest BCUT2D eigenvalue weighted by Gasteiger charge is 2.18. The summed E-state index contributed by atoms with van der Waals surface area (Å²) >= 11 is 0. The number of aliphatic imine (C=N–C) groups is 3. The van der Waals surface area contributed by atoms with E-state index in [1.54, 1.807) is 0 Å². The van der Waals surface area contributed by atoms with Crippen molar-refractivity contribution in [3.63, 3.8) is 0 Å². The molecule has 286 valence electrons. The van der Waals surface area contributed by atoms with E-state index in [0.29, 0.717) is 18.2 Å². The van der Waals surface area contributed by atoms with Gasteiger partial charge < -0.3 is 0 Å². The molecular weight excluding hydrogens is 741 g/mol. The summed E-state index contributed by atoms with van der Waals surface area (Å²) in [6, 6.07) is 72.8. The van der Waals surface area contributed by atoms with Crippen LogP contribution in [0.2, 0.25) is 0 Å². The molecule has 0 N–H and O–H groups in total. The van der Waals surface area contributed by atoms with Gasteiger partial charge in [-0.3, -0.25) is 4.99 Å². The van der Waals surface area contributed by atoms with Crippen molar-refractivity contribution in [2.45, 2.75) is 6.54 Å². The number of amidine groups is 2. The van der Waals surface area contributed by atoms with E-state index in [1.807, 2.05) is 48.5 Å². The van der Waals surface area contributed by atoms with E-state index in [2.05, 4.69) is 169 Å². The highest BCUT2D eigenvalue weighted by Crippen LogP contribution is 2.42. The summed E-state index contributed by atoms with van der Waals surface area (Å²) in [5.41, 5.74) is 10.2. The largest absolute Gasteiger partial charge is 0.261 e. The van der Waals surface area contributed by atoms with Crippen LogP contribution in [0.25, 0.3) is 87.5 Å². The minimum Gasteiger partial charge on any atom is -0.261 e. The van der Waals surface area contributed by atoms with Gasteiger partial charge in [0, 0.05) is 27.5 Å². The van der Waals surface area contributed by atoms with Crippen molar-refractivity contribution in [1.82, 2.24) is 4.98 Å². The first-order valence-corrected chi connectivity index (χ1v) is 20.6. The molecule has 11 aromatic rings. The summed E-state index contributed by atoms with van der Waals surface area (Å²) in [5.74, 6) is 1.10. The van der Waals surface area contributed by atoms with E-state index in [9.17, 15) is 0 Å². The maximum Gasteiger partial charge on any atom is 0.161 e. The van der Waals surface area contributed by atoms with Crippen LogP contribution in [0.3, 0.4) is 0 Å². The fourth-order valence-corrected chi connectivity index (χ4v) is 8.84. The Hall–Kier alpha value is -8.08. The Morgan fingerprint density at radius 2 is 1.05 bits per heavy atom. The molecule has 0 spiro atoms. The highest BCUT2D eigenvalue weighted by molar-refractivity contribution is 6.26. The summed E-state index contributed by atoms with van der Waals surface area (Å²) in [7, 11) is 0. The summed E-state index contributed by atoms with van der Waals surface area (Å²) in [6.07, 6.45) is 0. The molecule has 0 bridgehead atoms. The van der Waals surface area contributed by atoms with E-state index in [1.165, 1.54) is 37.7 Å². The third-order valence-corrected chi connectivity index (χ3v) is 11.8. The molecule has 0 saturated heterocycles. The van der Waals surface area contributed by atoms with Crippen LogP contribution < -0.4 is 0 Å². The second-order valence-corrected chi connectivity index (χ2v) is 15.5. The first-order chi connectivity index (χ1) is 30.2. The molecule has 0 unspecified atom stereocenters. The standard InChI is InChI=1S/C57H38N4/c1-58-56(42-16-6-3-7-17-42)61-57(59-36-37-14-4-2-5-15-37)46-33-44(32-45(34-46)51-35-43-20-12-18-39-28-29-40-19-13-24-49(51)54(40)53(39)43)38-26-30-41(31-27-38)55-50-23-9-8-21-47(50)48-22-10-11-25-52(48)60-55/h2-35H,1,36H2. The summed E-state index contributed by atoms with van der Waals surface area (Å²) in [4.78, 5) is 20.0. The number of fused-ring (bicyclic) bond motifs is 3. The summed E-state index contributed by atoms with van der Waals surface area (Å²) in [5, 5.41) is 10.9. The first-order valence-electron chi connectivity index (χ1n) is 20.6. The van der Waals surface area contributed by atoms with Gasteiger partial charge in [0.2, 0.25) is 0 Å². The Bertz CT molecular complexity index is 3500. The maximum atomic E-state index is 5.23. The van der Waals surface area contributed by atoms with Gasteiger partial charge in [-0.05, 0) is 103 Å². The third-order valence-electron chi connectivity index (χ3n) is 11.8. The topological polar surface area (TPSA) is 50.0 Å². The molecule has 0 aliphatic carbocycles. The Kier molecular flexibility index (Phi) is 9.02. The zero-order valence-corrected chi connectivity index (χ0v) is 33.3. The van der Waals surface area contributed by atoms with Gasteiger partial charge in [-0.2, -0.15) is 0 Å². The molecule has 0 atom stereocenters. The van der Waals surface area contributed by atoms with Gasteiger partial charge in [0.05, 0.1) is 17.8 Å². The van der Waals surface area contributed by atoms with Crippen LogP contribution in [0, 0.1) is 0 Å². The molecule has 0 radical (unpaired) electrons. The monoisotopic (exact) mass is 778 g/mol. The van der Waals surface area contributed by atoms with Crippen LogP contribution in [0.4, 0.5) is 0 Å². The minimum atomic E-state index is 0.456. The average molecular weight is 779 g/mol. The molecule has 11 rings (SSSR count). The van der Waals surface area contributed by atoms with E-state index in [-0.39, 0.29) is 0 Å². The van der Waals surface area contributed by atoms with Crippen molar-refractivity contribution in [1.29, 1.82) is 0 Å². The number of para-hydroxylation sites is 1. The van der Waals surface area contributed by atoms with Gasteiger partial charge in [0.25, 0.3) is 0 Å². The fourth-order valence-electron chi connectivity index (χ4n) is 8.84. The van der Waals surface area contributed by atoms with E-state index < -0.39 is 0 Å². The van der Waals surface area contributed by atoms with E-state index in [4.69, 9.17) is 15.0 Å². The number of aromatic nitrogens is 1. The van der Waals surface area contributed by atoms with Crippen LogP contribution >= 0.6 is 0 Å². The van der Waals surface area contributed by atoms with Crippen molar-refractivity contribution in [2.75, 3.05) is 0 Å². The molecular formula is C57H38N4. The molecule has 0 aliphatic rings. The highest BCUT2D eigenvalue weighted by atomic mass is 15.0. The Morgan fingerprint density at radius 1 is 0.426 bits per heavy atom. The lowest BCUT2D eigenvalue weighted by Crippen LogP contribution is -2.06. The number of rotatable bonds is 7. The zero-order chi connectivity index (χ0) is 40.7. The molecule has 0 amide bonds. The van der Waals surface area contributed by atoms with Gasteiger partial charge in [-0.15, -0.1) is 0 Å². The lowest BCUT2D eigenvalue weighted by molar-refractivity contribution is 1.06. The van der Waals surface area contributed by atoms with Crippen molar-refractivity contribution in [2.24, 2.45) is 15.0 Å². The zero-order valence-electron chi connectivity index (χ0n) is 33.3. The molecule has 1 aromatic heterocycles. The average Bonchev–Trinajstić information content (AvgIpc) is 3.33. The Morgan fingerprint density at radius 3 is 1.84 bits per heavy atom. The second-order valence-electron chi connectivity index (χ2n) is 15.5. The van der Waals surface area contributed by atoms with Gasteiger partial charge in [-0.25, -0.2) is 15.0 Å². The van der Waals surface area contributed by atoms with Crippen molar-refractivity contribution in [3.8, 4) is 33.5 Å². The fraction of sp³-hybridized carbons (Fsp3) is 0.0175. The van der Waals surface area contributed by atoms with Crippen LogP contribution in [-0.2, 0) is 6.54 Å². The molecule has 1 heterocycles. The number of nitrogens with zero attached hydrogens (tertiary/aromatic N) is 4. The number of benzene rings is 10. The number of hydrogen-bond donors (Lipinski definition) is 0. The normalized spacial score (nSPS) is 12.3.